The van der Waals surface area contributed by atoms with Crippen LogP contribution in [0.15, 0.2) is 164 Å². The number of hydrogen-bond acceptors (Lipinski definition) is 1. The Morgan fingerprint density at radius 1 is 0.286 bits per heavy atom. The predicted octanol–water partition coefficient (Wildman–Crippen LogP) is 11.2. The number of nitrogens with zero attached hydrogens (tertiary/aromatic N) is 1. The third-order valence-electron chi connectivity index (χ3n) is 8.28. The van der Waals surface area contributed by atoms with Crippen molar-refractivity contribution in [2.45, 2.75) is 0 Å². The molecule has 0 saturated heterocycles. The minimum absolute atomic E-state index is 0.982. The SMILES string of the molecule is c1ccc(-c2ccccc2-c2c3ccccc3c(-c3cccc(-c4cccc5ccccc45)n3)c3ccccc23)cc1. The zero-order valence-corrected chi connectivity index (χ0v) is 23.0. The number of hydrogen-bond donors (Lipinski definition) is 0. The number of fused-ring (bicyclic) bond motifs is 3. The fourth-order valence-corrected chi connectivity index (χ4v) is 6.44. The van der Waals surface area contributed by atoms with Crippen LogP contribution in [0.5, 0.6) is 0 Å². The summed E-state index contributed by atoms with van der Waals surface area (Å²) in [6, 6.07) is 58.5. The summed E-state index contributed by atoms with van der Waals surface area (Å²) in [5.74, 6) is 0. The first-order valence-corrected chi connectivity index (χ1v) is 14.4. The van der Waals surface area contributed by atoms with E-state index in [4.69, 9.17) is 4.98 Å². The van der Waals surface area contributed by atoms with Crippen molar-refractivity contribution in [1.82, 2.24) is 4.98 Å². The van der Waals surface area contributed by atoms with Crippen molar-refractivity contribution in [3.8, 4) is 44.8 Å². The Morgan fingerprint density at radius 3 is 1.48 bits per heavy atom. The Labute approximate surface area is 245 Å². The molecule has 8 rings (SSSR count). The van der Waals surface area contributed by atoms with Crippen molar-refractivity contribution in [2.75, 3.05) is 0 Å². The molecule has 0 saturated carbocycles. The Kier molecular flexibility index (Phi) is 5.86. The van der Waals surface area contributed by atoms with E-state index in [1.54, 1.807) is 0 Å². The molecule has 1 heteroatoms. The van der Waals surface area contributed by atoms with Crippen molar-refractivity contribution in [3.05, 3.63) is 164 Å². The molecule has 0 unspecified atom stereocenters. The Balaban J connectivity index is 1.42. The molecule has 8 aromatic rings. The first-order chi connectivity index (χ1) is 20.9. The largest absolute Gasteiger partial charge is 0.248 e. The summed E-state index contributed by atoms with van der Waals surface area (Å²) in [7, 11) is 0. The maximum atomic E-state index is 5.33. The van der Waals surface area contributed by atoms with Crippen LogP contribution in [-0.2, 0) is 0 Å². The van der Waals surface area contributed by atoms with Crippen LogP contribution in [0.4, 0.5) is 0 Å². The molecule has 0 aliphatic carbocycles. The van der Waals surface area contributed by atoms with E-state index in [1.807, 2.05) is 0 Å². The van der Waals surface area contributed by atoms with Crippen LogP contribution in [-0.4, -0.2) is 4.98 Å². The molecular weight excluding hydrogens is 506 g/mol. The van der Waals surface area contributed by atoms with Crippen molar-refractivity contribution in [2.24, 2.45) is 0 Å². The van der Waals surface area contributed by atoms with E-state index in [2.05, 4.69) is 164 Å². The number of rotatable bonds is 4. The Hall–Kier alpha value is -5.53. The van der Waals surface area contributed by atoms with Gasteiger partial charge in [-0.25, -0.2) is 4.98 Å². The lowest BCUT2D eigenvalue weighted by Gasteiger charge is -2.19. The fourth-order valence-electron chi connectivity index (χ4n) is 6.44. The molecule has 0 N–H and O–H groups in total. The van der Waals surface area contributed by atoms with Crippen molar-refractivity contribution in [1.29, 1.82) is 0 Å². The first kappa shape index (κ1) is 24.3. The van der Waals surface area contributed by atoms with Crippen LogP contribution in [0.25, 0.3) is 77.1 Å². The van der Waals surface area contributed by atoms with Crippen LogP contribution in [0.3, 0.4) is 0 Å². The van der Waals surface area contributed by atoms with Crippen LogP contribution < -0.4 is 0 Å². The normalized spacial score (nSPS) is 11.3. The van der Waals surface area contributed by atoms with Crippen molar-refractivity contribution >= 4 is 32.3 Å². The van der Waals surface area contributed by atoms with Gasteiger partial charge >= 0.3 is 0 Å². The maximum Gasteiger partial charge on any atom is 0.0722 e. The average molecular weight is 534 g/mol. The van der Waals surface area contributed by atoms with Gasteiger partial charge in [-0.1, -0.05) is 152 Å². The molecule has 196 valence electrons. The maximum absolute atomic E-state index is 5.33. The van der Waals surface area contributed by atoms with Gasteiger partial charge in [0.25, 0.3) is 0 Å². The van der Waals surface area contributed by atoms with Gasteiger partial charge < -0.3 is 0 Å². The topological polar surface area (TPSA) is 12.9 Å². The number of aromatic nitrogens is 1. The number of pyridine rings is 1. The molecule has 1 heterocycles. The van der Waals surface area contributed by atoms with Gasteiger partial charge in [-0.15, -0.1) is 0 Å². The van der Waals surface area contributed by atoms with Gasteiger partial charge in [0.05, 0.1) is 11.4 Å². The van der Waals surface area contributed by atoms with E-state index in [0.29, 0.717) is 0 Å². The highest BCUT2D eigenvalue weighted by Crippen LogP contribution is 2.45. The van der Waals surface area contributed by atoms with Gasteiger partial charge in [-0.05, 0) is 66.7 Å². The molecule has 42 heavy (non-hydrogen) atoms. The molecule has 0 aliphatic rings. The summed E-state index contributed by atoms with van der Waals surface area (Å²) in [6.07, 6.45) is 0. The van der Waals surface area contributed by atoms with E-state index in [0.717, 1.165) is 17.0 Å². The van der Waals surface area contributed by atoms with E-state index in [-0.39, 0.29) is 0 Å². The van der Waals surface area contributed by atoms with Crippen LogP contribution in [0.1, 0.15) is 0 Å². The summed E-state index contributed by atoms with van der Waals surface area (Å²) in [4.78, 5) is 5.33. The lowest BCUT2D eigenvalue weighted by Crippen LogP contribution is -1.95. The molecule has 0 radical (unpaired) electrons. The highest BCUT2D eigenvalue weighted by Gasteiger charge is 2.19. The van der Waals surface area contributed by atoms with Crippen LogP contribution in [0.2, 0.25) is 0 Å². The molecule has 1 nitrogen and oxygen atoms in total. The Bertz CT molecular complexity index is 2180. The summed E-state index contributed by atoms with van der Waals surface area (Å²) in [6.45, 7) is 0. The standard InChI is InChI=1S/C41H27N/c1-2-14-28(15-3-1)31-19-6-7-20-33(31)40-34-21-8-10-23-36(34)41(37-24-11-9-22-35(37)40)39-27-13-26-38(42-39)32-25-12-17-29-16-4-5-18-30(29)32/h1-27H. The zero-order valence-electron chi connectivity index (χ0n) is 23.0. The number of benzene rings is 7. The quantitative estimate of drug-likeness (QED) is 0.205. The van der Waals surface area contributed by atoms with Gasteiger partial charge in [0.1, 0.15) is 0 Å². The Morgan fingerprint density at radius 2 is 0.762 bits per heavy atom. The lowest BCUT2D eigenvalue weighted by molar-refractivity contribution is 1.34. The van der Waals surface area contributed by atoms with E-state index >= 15 is 0 Å². The summed E-state index contributed by atoms with van der Waals surface area (Å²) in [5.41, 5.74) is 9.23. The zero-order chi connectivity index (χ0) is 27.9. The average Bonchev–Trinajstić information content (AvgIpc) is 3.07. The van der Waals surface area contributed by atoms with Gasteiger partial charge in [-0.3, -0.25) is 0 Å². The third-order valence-corrected chi connectivity index (χ3v) is 8.28. The molecule has 0 bridgehead atoms. The molecular formula is C41H27N. The summed E-state index contributed by atoms with van der Waals surface area (Å²) in [5, 5.41) is 7.30. The molecule has 0 amide bonds. The molecule has 7 aromatic carbocycles. The van der Waals surface area contributed by atoms with E-state index in [9.17, 15) is 0 Å². The minimum atomic E-state index is 0.982. The highest BCUT2D eigenvalue weighted by molar-refractivity contribution is 6.22. The van der Waals surface area contributed by atoms with E-state index in [1.165, 1.54) is 60.1 Å². The fraction of sp³-hybridized carbons (Fsp3) is 0. The van der Waals surface area contributed by atoms with Crippen LogP contribution >= 0.6 is 0 Å². The molecule has 0 aliphatic heterocycles. The van der Waals surface area contributed by atoms with Gasteiger partial charge in [-0.2, -0.15) is 0 Å². The summed E-state index contributed by atoms with van der Waals surface area (Å²) >= 11 is 0. The van der Waals surface area contributed by atoms with Gasteiger partial charge in [0.15, 0.2) is 0 Å². The third kappa shape index (κ3) is 3.98. The van der Waals surface area contributed by atoms with Crippen LogP contribution in [0, 0.1) is 0 Å². The molecule has 0 atom stereocenters. The molecule has 0 fully saturated rings. The predicted molar refractivity (Wildman–Crippen MR) is 178 cm³/mol. The molecule has 1 aromatic heterocycles. The smallest absolute Gasteiger partial charge is 0.0722 e. The lowest BCUT2D eigenvalue weighted by atomic mass is 9.84. The second kappa shape index (κ2) is 10.1. The van der Waals surface area contributed by atoms with Crippen molar-refractivity contribution < 1.29 is 0 Å². The second-order valence-corrected chi connectivity index (χ2v) is 10.7. The monoisotopic (exact) mass is 533 g/mol. The van der Waals surface area contributed by atoms with E-state index < -0.39 is 0 Å². The first-order valence-electron chi connectivity index (χ1n) is 14.4. The highest BCUT2D eigenvalue weighted by atomic mass is 14.7. The minimum Gasteiger partial charge on any atom is -0.248 e. The summed E-state index contributed by atoms with van der Waals surface area (Å²) < 4.78 is 0. The van der Waals surface area contributed by atoms with Crippen molar-refractivity contribution in [3.63, 3.8) is 0 Å². The van der Waals surface area contributed by atoms with Gasteiger partial charge in [0.2, 0.25) is 0 Å². The van der Waals surface area contributed by atoms with Gasteiger partial charge in [0, 0.05) is 11.1 Å². The molecule has 0 spiro atoms. The second-order valence-electron chi connectivity index (χ2n) is 10.7.